The number of carbonyl (C=O) groups excluding carboxylic acids is 1. The lowest BCUT2D eigenvalue weighted by Crippen LogP contribution is -2.03. The number of carbonyl (C=O) groups is 1. The number of hydrogen-bond acceptors (Lipinski definition) is 4. The van der Waals surface area contributed by atoms with Crippen LogP contribution in [-0.4, -0.2) is 19.0 Å². The van der Waals surface area contributed by atoms with Crippen LogP contribution in [0.1, 0.15) is 33.3 Å². The van der Waals surface area contributed by atoms with Gasteiger partial charge in [-0.1, -0.05) is 36.4 Å². The van der Waals surface area contributed by atoms with Gasteiger partial charge in [-0.15, -0.1) is 0 Å². The first-order valence-corrected chi connectivity index (χ1v) is 6.66. The average molecular weight is 279 g/mol. The summed E-state index contributed by atoms with van der Waals surface area (Å²) in [7, 11) is 0. The van der Waals surface area contributed by atoms with E-state index in [2.05, 4.69) is 0 Å². The Bertz CT molecular complexity index is 695. The number of benzene rings is 2. The second-order valence-corrected chi connectivity index (χ2v) is 4.72. The van der Waals surface area contributed by atoms with Crippen LogP contribution in [0.4, 0.5) is 0 Å². The van der Waals surface area contributed by atoms with Crippen molar-refractivity contribution in [1.82, 2.24) is 0 Å². The first-order valence-electron chi connectivity index (χ1n) is 6.66. The zero-order chi connectivity index (χ0) is 14.7. The van der Waals surface area contributed by atoms with Gasteiger partial charge in [-0.25, -0.2) is 0 Å². The van der Waals surface area contributed by atoms with E-state index in [1.165, 1.54) is 0 Å². The third-order valence-corrected chi connectivity index (χ3v) is 3.32. The fourth-order valence-electron chi connectivity index (χ4n) is 2.24. The molecule has 1 saturated heterocycles. The Kier molecular flexibility index (Phi) is 3.78. The van der Waals surface area contributed by atoms with E-state index in [0.717, 1.165) is 5.56 Å². The van der Waals surface area contributed by atoms with Crippen LogP contribution in [0.2, 0.25) is 0 Å². The summed E-state index contributed by atoms with van der Waals surface area (Å²) < 4.78 is 10.8. The summed E-state index contributed by atoms with van der Waals surface area (Å²) in [5.74, 6) is -0.105. The van der Waals surface area contributed by atoms with Gasteiger partial charge >= 0.3 is 0 Å². The van der Waals surface area contributed by atoms with Crippen LogP contribution in [-0.2, 0) is 9.47 Å². The summed E-state index contributed by atoms with van der Waals surface area (Å²) in [5.41, 5.74) is 2.46. The molecular formula is C17H13NO3. The van der Waals surface area contributed by atoms with Gasteiger partial charge in [-0.05, 0) is 12.1 Å². The molecule has 0 N–H and O–H groups in total. The summed E-state index contributed by atoms with van der Waals surface area (Å²) >= 11 is 0. The minimum Gasteiger partial charge on any atom is -0.346 e. The largest absolute Gasteiger partial charge is 0.346 e. The average Bonchev–Trinajstić information content (AvgIpc) is 3.09. The predicted octanol–water partition coefficient (Wildman–Crippen LogP) is 2.83. The molecule has 3 rings (SSSR count). The highest BCUT2D eigenvalue weighted by molar-refractivity contribution is 6.09. The Hall–Kier alpha value is -2.48. The third kappa shape index (κ3) is 2.84. The SMILES string of the molecule is N#Cc1cccc(C(=O)c2ccc(C3OCCO3)cc2)c1. The molecule has 0 aliphatic carbocycles. The van der Waals surface area contributed by atoms with Crippen molar-refractivity contribution in [3.05, 3.63) is 70.8 Å². The normalized spacial score (nSPS) is 14.8. The van der Waals surface area contributed by atoms with Crippen molar-refractivity contribution in [3.8, 4) is 6.07 Å². The molecule has 0 atom stereocenters. The Balaban J connectivity index is 1.83. The van der Waals surface area contributed by atoms with Crippen molar-refractivity contribution in [2.24, 2.45) is 0 Å². The zero-order valence-electron chi connectivity index (χ0n) is 11.3. The molecule has 1 heterocycles. The van der Waals surface area contributed by atoms with Crippen molar-refractivity contribution in [2.45, 2.75) is 6.29 Å². The molecule has 4 nitrogen and oxygen atoms in total. The molecule has 0 radical (unpaired) electrons. The molecular weight excluding hydrogens is 266 g/mol. The molecule has 1 aliphatic rings. The number of nitrogens with zero attached hydrogens (tertiary/aromatic N) is 1. The Morgan fingerprint density at radius 2 is 1.76 bits per heavy atom. The number of hydrogen-bond donors (Lipinski definition) is 0. The van der Waals surface area contributed by atoms with E-state index < -0.39 is 0 Å². The lowest BCUT2D eigenvalue weighted by Gasteiger charge is -2.09. The van der Waals surface area contributed by atoms with Crippen LogP contribution in [0.15, 0.2) is 48.5 Å². The van der Waals surface area contributed by atoms with Gasteiger partial charge in [0.2, 0.25) is 0 Å². The van der Waals surface area contributed by atoms with E-state index in [-0.39, 0.29) is 12.1 Å². The highest BCUT2D eigenvalue weighted by atomic mass is 16.7. The molecule has 0 aromatic heterocycles. The molecule has 104 valence electrons. The number of ether oxygens (including phenoxy) is 2. The smallest absolute Gasteiger partial charge is 0.193 e. The Morgan fingerprint density at radius 3 is 2.43 bits per heavy atom. The minimum atomic E-state index is -0.337. The second-order valence-electron chi connectivity index (χ2n) is 4.72. The van der Waals surface area contributed by atoms with E-state index in [9.17, 15) is 4.79 Å². The zero-order valence-corrected chi connectivity index (χ0v) is 11.3. The fourth-order valence-corrected chi connectivity index (χ4v) is 2.24. The summed E-state index contributed by atoms with van der Waals surface area (Å²) in [6, 6.07) is 15.9. The lowest BCUT2D eigenvalue weighted by atomic mass is 10.0. The monoisotopic (exact) mass is 279 g/mol. The summed E-state index contributed by atoms with van der Waals surface area (Å²) in [5, 5.41) is 8.88. The number of rotatable bonds is 3. The van der Waals surface area contributed by atoms with Crippen LogP contribution in [0.3, 0.4) is 0 Å². The maximum atomic E-state index is 12.4. The van der Waals surface area contributed by atoms with Gasteiger partial charge in [0.25, 0.3) is 0 Å². The van der Waals surface area contributed by atoms with Crippen LogP contribution in [0.5, 0.6) is 0 Å². The number of ketones is 1. The Labute approximate surface area is 122 Å². The van der Waals surface area contributed by atoms with Crippen LogP contribution < -0.4 is 0 Å². The standard InChI is InChI=1S/C17H13NO3/c18-11-12-2-1-3-15(10-12)16(19)13-4-6-14(7-5-13)17-20-8-9-21-17/h1-7,10,17H,8-9H2. The topological polar surface area (TPSA) is 59.3 Å². The summed E-state index contributed by atoms with van der Waals surface area (Å²) in [6.45, 7) is 1.18. The van der Waals surface area contributed by atoms with Gasteiger partial charge in [-0.2, -0.15) is 5.26 Å². The van der Waals surface area contributed by atoms with Crippen molar-refractivity contribution in [2.75, 3.05) is 13.2 Å². The fraction of sp³-hybridized carbons (Fsp3) is 0.176. The van der Waals surface area contributed by atoms with Crippen molar-refractivity contribution in [3.63, 3.8) is 0 Å². The maximum absolute atomic E-state index is 12.4. The van der Waals surface area contributed by atoms with Gasteiger partial charge in [0.1, 0.15) is 0 Å². The molecule has 1 fully saturated rings. The van der Waals surface area contributed by atoms with Gasteiger partial charge in [0.15, 0.2) is 12.1 Å². The minimum absolute atomic E-state index is 0.105. The van der Waals surface area contributed by atoms with Crippen molar-refractivity contribution < 1.29 is 14.3 Å². The van der Waals surface area contributed by atoms with Gasteiger partial charge in [0.05, 0.1) is 24.8 Å². The summed E-state index contributed by atoms with van der Waals surface area (Å²) in [6.07, 6.45) is -0.337. The first kappa shape index (κ1) is 13.5. The highest BCUT2D eigenvalue weighted by Crippen LogP contribution is 2.23. The van der Waals surface area contributed by atoms with Gasteiger partial charge < -0.3 is 9.47 Å². The maximum Gasteiger partial charge on any atom is 0.193 e. The lowest BCUT2D eigenvalue weighted by molar-refractivity contribution is -0.0441. The van der Waals surface area contributed by atoms with E-state index >= 15 is 0 Å². The van der Waals surface area contributed by atoms with Crippen molar-refractivity contribution in [1.29, 1.82) is 5.26 Å². The second kappa shape index (κ2) is 5.88. The predicted molar refractivity (Wildman–Crippen MR) is 75.7 cm³/mol. The van der Waals surface area contributed by atoms with Crippen molar-refractivity contribution >= 4 is 5.78 Å². The molecule has 2 aromatic rings. The van der Waals surface area contributed by atoms with Crippen LogP contribution in [0, 0.1) is 11.3 Å². The quantitative estimate of drug-likeness (QED) is 0.811. The molecule has 2 aromatic carbocycles. The molecule has 0 spiro atoms. The molecule has 4 heteroatoms. The molecule has 0 unspecified atom stereocenters. The molecule has 1 aliphatic heterocycles. The molecule has 0 bridgehead atoms. The Morgan fingerprint density at radius 1 is 1.05 bits per heavy atom. The van der Waals surface area contributed by atoms with Gasteiger partial charge in [0, 0.05) is 16.7 Å². The third-order valence-electron chi connectivity index (χ3n) is 3.32. The summed E-state index contributed by atoms with van der Waals surface area (Å²) in [4.78, 5) is 12.4. The van der Waals surface area contributed by atoms with Gasteiger partial charge in [-0.3, -0.25) is 4.79 Å². The highest BCUT2D eigenvalue weighted by Gasteiger charge is 2.18. The first-order chi connectivity index (χ1) is 10.3. The molecule has 21 heavy (non-hydrogen) atoms. The van der Waals surface area contributed by atoms with E-state index in [0.29, 0.717) is 29.9 Å². The van der Waals surface area contributed by atoms with E-state index in [4.69, 9.17) is 14.7 Å². The molecule has 0 saturated carbocycles. The van der Waals surface area contributed by atoms with E-state index in [1.807, 2.05) is 18.2 Å². The van der Waals surface area contributed by atoms with Crippen LogP contribution >= 0.6 is 0 Å². The van der Waals surface area contributed by atoms with E-state index in [1.54, 1.807) is 36.4 Å². The molecule has 0 amide bonds. The van der Waals surface area contributed by atoms with Crippen LogP contribution in [0.25, 0.3) is 0 Å². The number of nitriles is 1.